The van der Waals surface area contributed by atoms with Crippen molar-refractivity contribution in [1.82, 2.24) is 4.72 Å². The second-order valence-electron chi connectivity index (χ2n) is 3.80. The van der Waals surface area contributed by atoms with E-state index in [1.54, 1.807) is 0 Å². The average Bonchev–Trinajstić information content (AvgIpc) is 2.25. The van der Waals surface area contributed by atoms with Crippen LogP contribution in [0.25, 0.3) is 0 Å². The van der Waals surface area contributed by atoms with Gasteiger partial charge in [-0.05, 0) is 12.1 Å². The van der Waals surface area contributed by atoms with Crippen LogP contribution in [0.3, 0.4) is 0 Å². The molecule has 1 aliphatic rings. The molecular formula is C8H9BrClN3O4S2. The summed E-state index contributed by atoms with van der Waals surface area (Å²) in [6.07, 6.45) is -0.547. The molecule has 1 heterocycles. The number of nitrogens with one attached hydrogen (secondary N) is 2. The summed E-state index contributed by atoms with van der Waals surface area (Å²) in [6.45, 7) is 0. The quantitative estimate of drug-likeness (QED) is 0.632. The predicted octanol–water partition coefficient (Wildman–Crippen LogP) is 0.412. The van der Waals surface area contributed by atoms with E-state index < -0.39 is 31.1 Å². The number of halogens is 2. The zero-order chi connectivity index (χ0) is 14.4. The van der Waals surface area contributed by atoms with Gasteiger partial charge < -0.3 is 5.32 Å². The number of primary sulfonamides is 1. The van der Waals surface area contributed by atoms with Crippen molar-refractivity contribution >= 4 is 53.3 Å². The van der Waals surface area contributed by atoms with Crippen LogP contribution < -0.4 is 15.2 Å². The number of hydrogen-bond acceptors (Lipinski definition) is 5. The van der Waals surface area contributed by atoms with Crippen LogP contribution in [0.4, 0.5) is 5.69 Å². The minimum Gasteiger partial charge on any atom is -0.367 e. The monoisotopic (exact) mass is 389 g/mol. The van der Waals surface area contributed by atoms with Crippen molar-refractivity contribution in [3.05, 3.63) is 17.2 Å². The van der Waals surface area contributed by atoms with Crippen molar-refractivity contribution in [3.8, 4) is 0 Å². The van der Waals surface area contributed by atoms with E-state index >= 15 is 0 Å². The van der Waals surface area contributed by atoms with E-state index in [4.69, 9.17) is 16.7 Å². The van der Waals surface area contributed by atoms with Gasteiger partial charge in [-0.25, -0.2) is 22.0 Å². The Kier molecular flexibility index (Phi) is 3.84. The lowest BCUT2D eigenvalue weighted by Crippen LogP contribution is -2.45. The van der Waals surface area contributed by atoms with E-state index in [9.17, 15) is 16.8 Å². The zero-order valence-corrected chi connectivity index (χ0v) is 13.2. The molecule has 0 radical (unpaired) electrons. The normalized spacial score (nSPS) is 21.5. The van der Waals surface area contributed by atoms with Crippen LogP contribution in [-0.4, -0.2) is 28.3 Å². The average molecular weight is 391 g/mol. The second kappa shape index (κ2) is 4.86. The standard InChI is InChI=1S/C8H9BrClN3O4S2/c9-3-8-12-5-1-4(10)6(18(11,14)15)2-7(5)19(16,17)13-8/h1-2,8,12-13H,3H2,(H2,11,14,15). The summed E-state index contributed by atoms with van der Waals surface area (Å²) in [4.78, 5) is -0.643. The number of hydrogen-bond donors (Lipinski definition) is 3. The van der Waals surface area contributed by atoms with Crippen LogP contribution in [0.15, 0.2) is 21.9 Å². The van der Waals surface area contributed by atoms with Crippen LogP contribution >= 0.6 is 27.5 Å². The lowest BCUT2D eigenvalue weighted by Gasteiger charge is -2.27. The van der Waals surface area contributed by atoms with E-state index in [-0.39, 0.29) is 15.6 Å². The van der Waals surface area contributed by atoms with Crippen molar-refractivity contribution in [3.63, 3.8) is 0 Å². The molecule has 0 bridgehead atoms. The largest absolute Gasteiger partial charge is 0.367 e. The van der Waals surface area contributed by atoms with Gasteiger partial charge in [0, 0.05) is 5.33 Å². The molecule has 106 valence electrons. The molecule has 1 aromatic carbocycles. The van der Waals surface area contributed by atoms with Crippen LogP contribution in [0.2, 0.25) is 5.02 Å². The van der Waals surface area contributed by atoms with Gasteiger partial charge in [-0.15, -0.1) is 0 Å². The third-order valence-electron chi connectivity index (χ3n) is 2.41. The van der Waals surface area contributed by atoms with E-state index in [0.717, 1.165) is 6.07 Å². The molecule has 19 heavy (non-hydrogen) atoms. The first-order valence-corrected chi connectivity index (χ1v) is 9.39. The SMILES string of the molecule is NS(=O)(=O)c1cc2c(cc1Cl)NC(CBr)NS2(=O)=O. The molecule has 1 atom stereocenters. The molecule has 0 spiro atoms. The van der Waals surface area contributed by atoms with Gasteiger partial charge in [0.1, 0.15) is 16.0 Å². The van der Waals surface area contributed by atoms with Crippen LogP contribution in [0.1, 0.15) is 0 Å². The lowest BCUT2D eigenvalue weighted by molar-refractivity contribution is 0.567. The van der Waals surface area contributed by atoms with Crippen molar-refractivity contribution < 1.29 is 16.8 Å². The Hall–Kier alpha value is -0.390. The third kappa shape index (κ3) is 2.88. The van der Waals surface area contributed by atoms with E-state index in [0.29, 0.717) is 5.33 Å². The highest BCUT2D eigenvalue weighted by Gasteiger charge is 2.31. The van der Waals surface area contributed by atoms with Gasteiger partial charge in [-0.2, -0.15) is 4.72 Å². The second-order valence-corrected chi connectivity index (χ2v) is 8.06. The molecule has 0 saturated heterocycles. The number of sulfonamides is 2. The topological polar surface area (TPSA) is 118 Å². The van der Waals surface area contributed by atoms with E-state index in [2.05, 4.69) is 26.0 Å². The summed E-state index contributed by atoms with van der Waals surface area (Å²) in [5, 5.41) is 8.04. The lowest BCUT2D eigenvalue weighted by atomic mass is 10.3. The molecular weight excluding hydrogens is 382 g/mol. The first-order valence-electron chi connectivity index (χ1n) is 4.86. The van der Waals surface area contributed by atoms with Gasteiger partial charge in [-0.1, -0.05) is 27.5 Å². The molecule has 0 aliphatic carbocycles. The number of anilines is 1. The molecule has 0 aromatic heterocycles. The van der Waals surface area contributed by atoms with E-state index in [1.165, 1.54) is 6.07 Å². The first kappa shape index (κ1) is 15.0. The highest BCUT2D eigenvalue weighted by Crippen LogP contribution is 2.33. The Labute approximate surface area is 123 Å². The summed E-state index contributed by atoms with van der Waals surface area (Å²) in [7, 11) is -7.92. The fourth-order valence-corrected chi connectivity index (χ4v) is 4.66. The van der Waals surface area contributed by atoms with Crippen molar-refractivity contribution in [1.29, 1.82) is 0 Å². The fourth-order valence-electron chi connectivity index (χ4n) is 1.63. The maximum Gasteiger partial charge on any atom is 0.244 e. The first-order chi connectivity index (χ1) is 8.65. The number of fused-ring (bicyclic) bond motifs is 1. The Balaban J connectivity index is 2.70. The number of rotatable bonds is 2. The predicted molar refractivity (Wildman–Crippen MR) is 74.4 cm³/mol. The Morgan fingerprint density at radius 2 is 2.05 bits per heavy atom. The van der Waals surface area contributed by atoms with E-state index in [1.807, 2.05) is 0 Å². The molecule has 0 fully saturated rings. The molecule has 0 saturated carbocycles. The van der Waals surface area contributed by atoms with Gasteiger partial charge >= 0.3 is 0 Å². The van der Waals surface area contributed by atoms with Crippen LogP contribution in [0.5, 0.6) is 0 Å². The smallest absolute Gasteiger partial charge is 0.244 e. The van der Waals surface area contributed by atoms with Crippen LogP contribution in [-0.2, 0) is 20.0 Å². The highest BCUT2D eigenvalue weighted by molar-refractivity contribution is 9.09. The van der Waals surface area contributed by atoms with Crippen molar-refractivity contribution in [2.45, 2.75) is 16.0 Å². The molecule has 0 amide bonds. The summed E-state index contributed by atoms with van der Waals surface area (Å²) in [5.41, 5.74) is 0.223. The number of alkyl halides is 1. The van der Waals surface area contributed by atoms with Crippen LogP contribution in [0, 0.1) is 0 Å². The highest BCUT2D eigenvalue weighted by atomic mass is 79.9. The molecule has 1 unspecified atom stereocenters. The number of benzene rings is 1. The summed E-state index contributed by atoms with van der Waals surface area (Å²) in [6, 6.07) is 2.16. The van der Waals surface area contributed by atoms with Crippen molar-refractivity contribution in [2.24, 2.45) is 5.14 Å². The summed E-state index contributed by atoms with van der Waals surface area (Å²) < 4.78 is 48.9. The van der Waals surface area contributed by atoms with Gasteiger partial charge in [-0.3, -0.25) is 0 Å². The van der Waals surface area contributed by atoms with Gasteiger partial charge in [0.05, 0.1) is 10.7 Å². The van der Waals surface area contributed by atoms with Gasteiger partial charge in [0.15, 0.2) is 0 Å². The molecule has 1 aliphatic heterocycles. The zero-order valence-electron chi connectivity index (χ0n) is 9.22. The minimum atomic E-state index is -4.10. The fraction of sp³-hybridized carbons (Fsp3) is 0.250. The van der Waals surface area contributed by atoms with Gasteiger partial charge in [0.25, 0.3) is 0 Å². The molecule has 4 N–H and O–H groups in total. The summed E-state index contributed by atoms with van der Waals surface area (Å²) >= 11 is 8.94. The van der Waals surface area contributed by atoms with Crippen molar-refractivity contribution in [2.75, 3.05) is 10.6 Å². The molecule has 7 nitrogen and oxygen atoms in total. The molecule has 1 aromatic rings. The maximum atomic E-state index is 12.0. The molecule has 2 rings (SSSR count). The molecule has 11 heteroatoms. The Morgan fingerprint density at radius 3 is 2.58 bits per heavy atom. The summed E-state index contributed by atoms with van der Waals surface area (Å²) in [5.74, 6) is 0. The Bertz CT molecular complexity index is 735. The maximum absolute atomic E-state index is 12.0. The third-order valence-corrected chi connectivity index (χ3v) is 5.95. The Morgan fingerprint density at radius 1 is 1.42 bits per heavy atom. The van der Waals surface area contributed by atoms with Gasteiger partial charge in [0.2, 0.25) is 20.0 Å². The minimum absolute atomic E-state index is 0.140. The number of nitrogens with two attached hydrogens (primary N) is 1.